The molecule has 0 aliphatic carbocycles. The van der Waals surface area contributed by atoms with Crippen LogP contribution in [0, 0.1) is 5.82 Å². The van der Waals surface area contributed by atoms with E-state index in [9.17, 15) is 14.0 Å². The second kappa shape index (κ2) is 7.15. The minimum Gasteiger partial charge on any atom is -0.497 e. The zero-order valence-electron chi connectivity index (χ0n) is 15.0. The van der Waals surface area contributed by atoms with Crippen molar-refractivity contribution in [2.24, 2.45) is 0 Å². The number of para-hydroxylation sites is 1. The second-order valence-electron chi connectivity index (χ2n) is 6.33. The molecule has 0 unspecified atom stereocenters. The zero-order chi connectivity index (χ0) is 19.7. The summed E-state index contributed by atoms with van der Waals surface area (Å²) in [6.07, 6.45) is 0.179. The zero-order valence-corrected chi connectivity index (χ0v) is 15.0. The van der Waals surface area contributed by atoms with Crippen LogP contribution in [0.1, 0.15) is 5.56 Å². The monoisotopic (exact) mass is 377 g/mol. The molecule has 1 heterocycles. The molecule has 3 aromatic carbocycles. The van der Waals surface area contributed by atoms with Crippen molar-refractivity contribution in [1.82, 2.24) is 0 Å². The summed E-state index contributed by atoms with van der Waals surface area (Å²) in [4.78, 5) is 24.9. The van der Waals surface area contributed by atoms with E-state index in [0.29, 0.717) is 16.8 Å². The topological polar surface area (TPSA) is 68.5 Å². The van der Waals surface area contributed by atoms with Gasteiger partial charge in [0.15, 0.2) is 11.4 Å². The molecule has 6 heteroatoms. The van der Waals surface area contributed by atoms with Crippen molar-refractivity contribution in [2.75, 3.05) is 12.4 Å². The molecule has 140 valence electrons. The van der Waals surface area contributed by atoms with Gasteiger partial charge in [-0.05, 0) is 42.0 Å². The van der Waals surface area contributed by atoms with Gasteiger partial charge in [0.1, 0.15) is 11.3 Å². The third kappa shape index (κ3) is 3.32. The first-order chi connectivity index (χ1) is 13.5. The first-order valence-electron chi connectivity index (χ1n) is 8.63. The lowest BCUT2D eigenvalue weighted by molar-refractivity contribution is -0.115. The lowest BCUT2D eigenvalue weighted by Crippen LogP contribution is -2.14. The van der Waals surface area contributed by atoms with Crippen molar-refractivity contribution < 1.29 is 18.3 Å². The Morgan fingerprint density at radius 3 is 2.61 bits per heavy atom. The number of hydrogen-bond donors (Lipinski definition) is 1. The van der Waals surface area contributed by atoms with Gasteiger partial charge in [0.05, 0.1) is 24.3 Å². The molecule has 0 fully saturated rings. The number of halogens is 1. The summed E-state index contributed by atoms with van der Waals surface area (Å²) in [5.74, 6) is -0.113. The number of hydrogen-bond acceptors (Lipinski definition) is 4. The maximum absolute atomic E-state index is 14.0. The van der Waals surface area contributed by atoms with Gasteiger partial charge in [-0.2, -0.15) is 0 Å². The summed E-state index contributed by atoms with van der Waals surface area (Å²) < 4.78 is 24.7. The Balaban J connectivity index is 1.62. The van der Waals surface area contributed by atoms with Crippen molar-refractivity contribution in [3.8, 4) is 5.75 Å². The fourth-order valence-corrected chi connectivity index (χ4v) is 3.05. The van der Waals surface area contributed by atoms with Gasteiger partial charge in [0.25, 0.3) is 0 Å². The molecule has 4 rings (SSSR count). The normalized spacial score (nSPS) is 10.9. The third-order valence-electron chi connectivity index (χ3n) is 4.46. The molecule has 0 saturated heterocycles. The fourth-order valence-electron chi connectivity index (χ4n) is 3.05. The fraction of sp³-hybridized carbons (Fsp3) is 0.0909. The van der Waals surface area contributed by atoms with Crippen LogP contribution >= 0.6 is 0 Å². The number of carbonyl (C=O) groups excluding carboxylic acids is 1. The molecule has 5 nitrogen and oxygen atoms in total. The molecule has 1 N–H and O–H groups in total. The molecular formula is C22H16FNO4. The van der Waals surface area contributed by atoms with Gasteiger partial charge in [-0.25, -0.2) is 4.39 Å². The van der Waals surface area contributed by atoms with Crippen LogP contribution in [0.3, 0.4) is 0 Å². The molecule has 0 aliphatic heterocycles. The van der Waals surface area contributed by atoms with Crippen molar-refractivity contribution >= 4 is 33.5 Å². The lowest BCUT2D eigenvalue weighted by Gasteiger charge is -2.08. The summed E-state index contributed by atoms with van der Waals surface area (Å²) in [5.41, 5.74) is 1.10. The highest BCUT2D eigenvalue weighted by Gasteiger charge is 2.12. The van der Waals surface area contributed by atoms with Crippen LogP contribution in [0.2, 0.25) is 0 Å². The molecule has 0 atom stereocenters. The van der Waals surface area contributed by atoms with Crippen LogP contribution in [-0.2, 0) is 11.2 Å². The van der Waals surface area contributed by atoms with Crippen molar-refractivity contribution in [2.45, 2.75) is 6.42 Å². The Morgan fingerprint density at radius 2 is 1.86 bits per heavy atom. The highest BCUT2D eigenvalue weighted by Crippen LogP contribution is 2.23. The first-order valence-corrected chi connectivity index (χ1v) is 8.63. The van der Waals surface area contributed by atoms with E-state index in [1.165, 1.54) is 24.3 Å². The average molecular weight is 377 g/mol. The van der Waals surface area contributed by atoms with Crippen molar-refractivity contribution in [1.29, 1.82) is 0 Å². The molecule has 0 aliphatic rings. The van der Waals surface area contributed by atoms with E-state index < -0.39 is 5.82 Å². The molecule has 0 radical (unpaired) electrons. The summed E-state index contributed by atoms with van der Waals surface area (Å²) in [6.45, 7) is 0. The minimum atomic E-state index is -0.606. The molecule has 0 saturated carbocycles. The average Bonchev–Trinajstić information content (AvgIpc) is 2.69. The number of anilines is 1. The summed E-state index contributed by atoms with van der Waals surface area (Å²) in [5, 5.41) is 3.28. The highest BCUT2D eigenvalue weighted by molar-refractivity contribution is 5.96. The van der Waals surface area contributed by atoms with E-state index in [1.54, 1.807) is 31.4 Å². The Labute approximate surface area is 159 Å². The number of rotatable bonds is 4. The lowest BCUT2D eigenvalue weighted by atomic mass is 10.1. The van der Waals surface area contributed by atoms with E-state index in [1.807, 2.05) is 12.1 Å². The molecule has 28 heavy (non-hydrogen) atoms. The van der Waals surface area contributed by atoms with Crippen LogP contribution in [0.5, 0.6) is 5.75 Å². The molecular weight excluding hydrogens is 361 g/mol. The number of nitrogens with one attached hydrogen (secondary N) is 1. The Morgan fingerprint density at radius 1 is 1.07 bits per heavy atom. The number of amides is 1. The Bertz CT molecular complexity index is 1250. The minimum absolute atomic E-state index is 0.0956. The predicted octanol–water partition coefficient (Wildman–Crippen LogP) is 4.28. The Kier molecular flexibility index (Phi) is 4.53. The van der Waals surface area contributed by atoms with Gasteiger partial charge >= 0.3 is 0 Å². The van der Waals surface area contributed by atoms with Crippen molar-refractivity contribution in [3.05, 3.63) is 82.3 Å². The predicted molar refractivity (Wildman–Crippen MR) is 105 cm³/mol. The smallest absolute Gasteiger partial charge is 0.228 e. The molecule has 1 aromatic heterocycles. The molecule has 0 bridgehead atoms. The number of ether oxygens (including phenoxy) is 1. The highest BCUT2D eigenvalue weighted by atomic mass is 19.1. The molecule has 0 spiro atoms. The second-order valence-corrected chi connectivity index (χ2v) is 6.33. The van der Waals surface area contributed by atoms with Gasteiger partial charge < -0.3 is 14.5 Å². The van der Waals surface area contributed by atoms with Gasteiger partial charge in [-0.3, -0.25) is 9.59 Å². The van der Waals surface area contributed by atoms with Crippen LogP contribution in [0.25, 0.3) is 21.9 Å². The molecule has 4 aromatic rings. The third-order valence-corrected chi connectivity index (χ3v) is 4.46. The number of benzene rings is 3. The van der Waals surface area contributed by atoms with Crippen LogP contribution in [0.4, 0.5) is 10.1 Å². The van der Waals surface area contributed by atoms with Crippen LogP contribution in [-0.4, -0.2) is 13.0 Å². The standard InChI is InChI=1S/C22H16FNO4/c1-27-15-8-5-13(6-9-15)11-20(25)24-14-7-10-16-19(12-14)28-22-17(21(16)26)3-2-4-18(22)23/h2-10,12H,11H2,1H3,(H,24,25). The van der Waals surface area contributed by atoms with Crippen LogP contribution in [0.15, 0.2) is 69.9 Å². The number of methoxy groups -OCH3 is 1. The van der Waals surface area contributed by atoms with Gasteiger partial charge in [-0.15, -0.1) is 0 Å². The van der Waals surface area contributed by atoms with Gasteiger partial charge in [-0.1, -0.05) is 18.2 Å². The van der Waals surface area contributed by atoms with E-state index in [0.717, 1.165) is 5.56 Å². The largest absolute Gasteiger partial charge is 0.497 e. The van der Waals surface area contributed by atoms with Gasteiger partial charge in [0, 0.05) is 11.8 Å². The first kappa shape index (κ1) is 17.7. The van der Waals surface area contributed by atoms with Gasteiger partial charge in [0.2, 0.25) is 11.3 Å². The van der Waals surface area contributed by atoms with Crippen LogP contribution < -0.4 is 15.5 Å². The maximum atomic E-state index is 14.0. The quantitative estimate of drug-likeness (QED) is 0.539. The summed E-state index contributed by atoms with van der Waals surface area (Å²) in [7, 11) is 1.58. The number of fused-ring (bicyclic) bond motifs is 2. The summed E-state index contributed by atoms with van der Waals surface area (Å²) >= 11 is 0. The van der Waals surface area contributed by atoms with Crippen molar-refractivity contribution in [3.63, 3.8) is 0 Å². The SMILES string of the molecule is COc1ccc(CC(=O)Nc2ccc3c(=O)c4cccc(F)c4oc3c2)cc1. The Hall–Kier alpha value is -3.67. The van der Waals surface area contributed by atoms with E-state index in [2.05, 4.69) is 5.32 Å². The van der Waals surface area contributed by atoms with E-state index in [4.69, 9.17) is 9.15 Å². The van der Waals surface area contributed by atoms with E-state index >= 15 is 0 Å². The maximum Gasteiger partial charge on any atom is 0.228 e. The van der Waals surface area contributed by atoms with E-state index in [-0.39, 0.29) is 34.3 Å². The summed E-state index contributed by atoms with van der Waals surface area (Å²) in [6, 6.07) is 16.1. The molecule has 1 amide bonds. The number of carbonyl (C=O) groups is 1.